The smallest absolute Gasteiger partial charge is 0.189 e. The van der Waals surface area contributed by atoms with E-state index in [9.17, 15) is 15.0 Å². The molecule has 1 fully saturated rings. The number of carbonyl (C=O) groups excluding carboxylic acids is 1. The Bertz CT molecular complexity index is 668. The van der Waals surface area contributed by atoms with Gasteiger partial charge in [0.25, 0.3) is 0 Å². The van der Waals surface area contributed by atoms with E-state index in [1.807, 2.05) is 13.0 Å². The number of hydrogen-bond acceptors (Lipinski definition) is 4. The van der Waals surface area contributed by atoms with Gasteiger partial charge in [0, 0.05) is 5.41 Å². The first-order valence-corrected chi connectivity index (χ1v) is 8.77. The lowest BCUT2D eigenvalue weighted by atomic mass is 9.47. The van der Waals surface area contributed by atoms with Crippen molar-refractivity contribution >= 4 is 5.78 Å². The van der Waals surface area contributed by atoms with Crippen molar-refractivity contribution in [1.82, 2.24) is 0 Å². The van der Waals surface area contributed by atoms with Crippen molar-refractivity contribution in [2.45, 2.75) is 71.0 Å². The van der Waals surface area contributed by atoms with E-state index in [-0.39, 0.29) is 11.2 Å². The van der Waals surface area contributed by atoms with Crippen molar-refractivity contribution in [2.75, 3.05) is 0 Å². The van der Waals surface area contributed by atoms with Gasteiger partial charge in [0.15, 0.2) is 11.4 Å². The second-order valence-electron chi connectivity index (χ2n) is 8.56. The average molecular weight is 332 g/mol. The molecule has 2 aliphatic rings. The Morgan fingerprint density at radius 1 is 1.17 bits per heavy atom. The topological polar surface area (TPSA) is 70.7 Å². The molecule has 1 heterocycles. The highest BCUT2D eigenvalue weighted by Gasteiger charge is 2.66. The molecule has 4 nitrogen and oxygen atoms in total. The van der Waals surface area contributed by atoms with Crippen LogP contribution >= 0.6 is 0 Å². The van der Waals surface area contributed by atoms with E-state index in [0.717, 1.165) is 30.4 Å². The molecule has 1 aromatic heterocycles. The summed E-state index contributed by atoms with van der Waals surface area (Å²) in [7, 11) is 0. The summed E-state index contributed by atoms with van der Waals surface area (Å²) in [5, 5.41) is 22.7. The Hall–Kier alpha value is -1.39. The number of hydrogen-bond donors (Lipinski definition) is 2. The van der Waals surface area contributed by atoms with Crippen LogP contribution in [0.4, 0.5) is 0 Å². The van der Waals surface area contributed by atoms with Gasteiger partial charge in [-0.05, 0) is 55.7 Å². The van der Waals surface area contributed by atoms with Crippen LogP contribution in [0.3, 0.4) is 0 Å². The molecule has 0 radical (unpaired) electrons. The number of aryl methyl sites for hydroxylation is 1. The lowest BCUT2D eigenvalue weighted by Gasteiger charge is -2.60. The largest absolute Gasteiger partial charge is 0.472 e. The predicted molar refractivity (Wildman–Crippen MR) is 91.4 cm³/mol. The first kappa shape index (κ1) is 17.4. The van der Waals surface area contributed by atoms with E-state index in [0.29, 0.717) is 12.8 Å². The second kappa shape index (κ2) is 5.30. The molecular formula is C20H28O4. The summed E-state index contributed by atoms with van der Waals surface area (Å²) in [6.45, 7) is 7.72. The Balaban J connectivity index is 2.07. The number of rotatable bonds is 3. The summed E-state index contributed by atoms with van der Waals surface area (Å²) < 4.78 is 5.10. The molecule has 1 saturated carbocycles. The Kier molecular flexibility index (Phi) is 3.85. The first-order valence-electron chi connectivity index (χ1n) is 8.77. The second-order valence-corrected chi connectivity index (χ2v) is 8.56. The van der Waals surface area contributed by atoms with Crippen LogP contribution in [-0.4, -0.2) is 27.2 Å². The van der Waals surface area contributed by atoms with Crippen molar-refractivity contribution in [3.8, 4) is 0 Å². The molecule has 0 aromatic carbocycles. The molecule has 0 aliphatic heterocycles. The third kappa shape index (κ3) is 2.23. The lowest BCUT2D eigenvalue weighted by Crippen LogP contribution is -2.69. The molecule has 4 heteroatoms. The van der Waals surface area contributed by atoms with Crippen molar-refractivity contribution in [2.24, 2.45) is 10.8 Å². The average Bonchev–Trinajstić information content (AvgIpc) is 3.00. The van der Waals surface area contributed by atoms with Gasteiger partial charge in [0.05, 0.1) is 12.5 Å². The monoisotopic (exact) mass is 332 g/mol. The fourth-order valence-corrected chi connectivity index (χ4v) is 4.98. The third-order valence-electron chi connectivity index (χ3n) is 6.63. The van der Waals surface area contributed by atoms with Gasteiger partial charge in [0.1, 0.15) is 5.60 Å². The fraction of sp³-hybridized carbons (Fsp3) is 0.650. The van der Waals surface area contributed by atoms with Crippen molar-refractivity contribution < 1.29 is 19.4 Å². The predicted octanol–water partition coefficient (Wildman–Crippen LogP) is 3.42. The molecule has 1 aromatic rings. The lowest BCUT2D eigenvalue weighted by molar-refractivity contribution is -0.210. The first-order chi connectivity index (χ1) is 11.0. The van der Waals surface area contributed by atoms with E-state index < -0.39 is 16.6 Å². The van der Waals surface area contributed by atoms with E-state index in [2.05, 4.69) is 13.8 Å². The highest BCUT2D eigenvalue weighted by molar-refractivity contribution is 6.00. The number of carbonyl (C=O) groups is 1. The molecule has 24 heavy (non-hydrogen) atoms. The van der Waals surface area contributed by atoms with Crippen LogP contribution in [0.2, 0.25) is 0 Å². The minimum absolute atomic E-state index is 0.150. The zero-order valence-electron chi connectivity index (χ0n) is 15.1. The van der Waals surface area contributed by atoms with Gasteiger partial charge in [0.2, 0.25) is 0 Å². The van der Waals surface area contributed by atoms with E-state index in [1.54, 1.807) is 18.6 Å². The van der Waals surface area contributed by atoms with Crippen LogP contribution < -0.4 is 0 Å². The Morgan fingerprint density at radius 2 is 1.88 bits per heavy atom. The molecule has 0 spiro atoms. The van der Waals surface area contributed by atoms with Crippen molar-refractivity contribution in [3.05, 3.63) is 35.8 Å². The van der Waals surface area contributed by atoms with Gasteiger partial charge in [-0.15, -0.1) is 0 Å². The molecule has 3 atom stereocenters. The normalized spacial score (nSPS) is 38.6. The summed E-state index contributed by atoms with van der Waals surface area (Å²) in [6.07, 6.45) is 8.45. The molecule has 0 bridgehead atoms. The van der Waals surface area contributed by atoms with E-state index >= 15 is 0 Å². The zero-order valence-corrected chi connectivity index (χ0v) is 15.1. The fourth-order valence-electron chi connectivity index (χ4n) is 4.98. The minimum atomic E-state index is -1.79. The minimum Gasteiger partial charge on any atom is -0.472 e. The molecule has 2 aliphatic carbocycles. The molecule has 132 valence electrons. The van der Waals surface area contributed by atoms with Crippen LogP contribution in [0.1, 0.15) is 58.9 Å². The van der Waals surface area contributed by atoms with Crippen LogP contribution in [-0.2, 0) is 11.2 Å². The van der Waals surface area contributed by atoms with Crippen molar-refractivity contribution in [1.29, 1.82) is 0 Å². The van der Waals surface area contributed by atoms with E-state index in [1.165, 1.54) is 6.92 Å². The SMILES string of the molecule is CC1(C)CCC[C@@]2(C)C1=CC(=O)[C@](C)(O)[C@]2(O)CCc1ccoc1. The van der Waals surface area contributed by atoms with Gasteiger partial charge in [-0.2, -0.15) is 0 Å². The molecule has 3 rings (SSSR count). The maximum absolute atomic E-state index is 12.7. The summed E-state index contributed by atoms with van der Waals surface area (Å²) >= 11 is 0. The highest BCUT2D eigenvalue weighted by Crippen LogP contribution is 2.61. The van der Waals surface area contributed by atoms with Crippen LogP contribution in [0.15, 0.2) is 34.7 Å². The quantitative estimate of drug-likeness (QED) is 0.890. The van der Waals surface area contributed by atoms with Gasteiger partial charge in [-0.3, -0.25) is 4.79 Å². The maximum Gasteiger partial charge on any atom is 0.189 e. The molecule has 0 saturated heterocycles. The number of ketones is 1. The third-order valence-corrected chi connectivity index (χ3v) is 6.63. The molecular weight excluding hydrogens is 304 g/mol. The van der Waals surface area contributed by atoms with Crippen LogP contribution in [0.25, 0.3) is 0 Å². The van der Waals surface area contributed by atoms with Crippen molar-refractivity contribution in [3.63, 3.8) is 0 Å². The Morgan fingerprint density at radius 3 is 2.50 bits per heavy atom. The molecule has 2 N–H and O–H groups in total. The highest BCUT2D eigenvalue weighted by atomic mass is 16.4. The van der Waals surface area contributed by atoms with E-state index in [4.69, 9.17) is 4.42 Å². The standard InChI is InChI=1S/C20H28O4/c1-17(2)8-5-9-18(3)15(17)12-16(21)19(4,22)20(18,23)10-6-14-7-11-24-13-14/h7,11-13,22-23H,5-6,8-10H2,1-4H3/t18-,19-,20-/m0/s1. The van der Waals surface area contributed by atoms with Gasteiger partial charge < -0.3 is 14.6 Å². The zero-order chi connectivity index (χ0) is 17.8. The maximum atomic E-state index is 12.7. The Labute approximate surface area is 143 Å². The van der Waals surface area contributed by atoms with Gasteiger partial charge in [-0.1, -0.05) is 32.8 Å². The van der Waals surface area contributed by atoms with Gasteiger partial charge >= 0.3 is 0 Å². The number of fused-ring (bicyclic) bond motifs is 1. The summed E-state index contributed by atoms with van der Waals surface area (Å²) in [6, 6.07) is 1.85. The summed E-state index contributed by atoms with van der Waals surface area (Å²) in [4.78, 5) is 12.7. The number of furan rings is 1. The van der Waals surface area contributed by atoms with Crippen LogP contribution in [0.5, 0.6) is 0 Å². The van der Waals surface area contributed by atoms with Gasteiger partial charge in [-0.25, -0.2) is 0 Å². The summed E-state index contributed by atoms with van der Waals surface area (Å²) in [5.41, 5.74) is -2.12. The summed E-state index contributed by atoms with van der Waals surface area (Å²) in [5.74, 6) is -0.389. The number of aliphatic hydroxyl groups is 2. The molecule has 0 amide bonds. The molecule has 0 unspecified atom stereocenters. The van der Waals surface area contributed by atoms with Crippen LogP contribution in [0, 0.1) is 10.8 Å².